The third-order valence-electron chi connectivity index (χ3n) is 3.07. The summed E-state index contributed by atoms with van der Waals surface area (Å²) in [5.41, 5.74) is 12.2. The maximum absolute atomic E-state index is 11.5. The Morgan fingerprint density at radius 1 is 1.28 bits per heavy atom. The van der Waals surface area contributed by atoms with Gasteiger partial charge in [0, 0.05) is 12.2 Å². The summed E-state index contributed by atoms with van der Waals surface area (Å²) < 4.78 is 0. The molecule has 4 N–H and O–H groups in total. The summed E-state index contributed by atoms with van der Waals surface area (Å²) in [6.07, 6.45) is 1.91. The van der Waals surface area contributed by atoms with Crippen LogP contribution in [0.5, 0.6) is 0 Å². The van der Waals surface area contributed by atoms with E-state index in [0.29, 0.717) is 18.9 Å². The molecule has 0 aromatic carbocycles. The predicted octanol–water partition coefficient (Wildman–Crippen LogP) is -0.217. The van der Waals surface area contributed by atoms with Gasteiger partial charge >= 0.3 is 6.03 Å². The van der Waals surface area contributed by atoms with Crippen LogP contribution >= 0.6 is 0 Å². The van der Waals surface area contributed by atoms with Crippen molar-refractivity contribution in [3.05, 3.63) is 29.6 Å². The number of nitrogens with zero attached hydrogens (tertiary/aromatic N) is 3. The lowest BCUT2D eigenvalue weighted by Crippen LogP contribution is -2.42. The minimum Gasteiger partial charge on any atom is -0.364 e. The van der Waals surface area contributed by atoms with Crippen molar-refractivity contribution in [1.29, 1.82) is 0 Å². The van der Waals surface area contributed by atoms with Gasteiger partial charge in [-0.2, -0.15) is 0 Å². The van der Waals surface area contributed by atoms with Crippen LogP contribution in [0.25, 0.3) is 0 Å². The third kappa shape index (κ3) is 1.33. The fourth-order valence-corrected chi connectivity index (χ4v) is 2.26. The number of aromatic nitrogens is 1. The number of primary amides is 2. The van der Waals surface area contributed by atoms with Crippen molar-refractivity contribution in [2.24, 2.45) is 11.5 Å². The molecule has 0 aliphatic carbocycles. The van der Waals surface area contributed by atoms with Gasteiger partial charge in [-0.15, -0.1) is 0 Å². The van der Waals surface area contributed by atoms with Crippen molar-refractivity contribution in [1.82, 2.24) is 4.98 Å². The first-order valence-electron chi connectivity index (χ1n) is 5.42. The van der Waals surface area contributed by atoms with Gasteiger partial charge in [-0.3, -0.25) is 4.79 Å². The highest BCUT2D eigenvalue weighted by Gasteiger charge is 2.34. The number of pyridine rings is 1. The van der Waals surface area contributed by atoms with E-state index in [1.807, 2.05) is 11.0 Å². The van der Waals surface area contributed by atoms with Gasteiger partial charge in [-0.1, -0.05) is 0 Å². The summed E-state index contributed by atoms with van der Waals surface area (Å²) in [6.45, 7) is 1.32. The van der Waals surface area contributed by atoms with Crippen molar-refractivity contribution in [2.45, 2.75) is 0 Å². The Morgan fingerprint density at radius 2 is 2.06 bits per heavy atom. The molecule has 0 unspecified atom stereocenters. The molecule has 2 aliphatic rings. The molecular weight excluding hydrogens is 234 g/mol. The molecular formula is C11H11N5O2. The van der Waals surface area contributed by atoms with Crippen molar-refractivity contribution in [2.75, 3.05) is 22.9 Å². The molecule has 92 valence electrons. The van der Waals surface area contributed by atoms with Crippen LogP contribution in [-0.2, 0) is 0 Å². The molecule has 0 saturated heterocycles. The zero-order valence-corrected chi connectivity index (χ0v) is 9.46. The lowest BCUT2D eigenvalue weighted by molar-refractivity contribution is 0.0995. The number of hydrogen-bond acceptors (Lipinski definition) is 4. The molecule has 0 atom stereocenters. The molecule has 18 heavy (non-hydrogen) atoms. The Bertz CT molecular complexity index is 595. The van der Waals surface area contributed by atoms with Crippen molar-refractivity contribution in [3.63, 3.8) is 0 Å². The molecule has 0 radical (unpaired) electrons. The number of urea groups is 1. The second kappa shape index (κ2) is 3.46. The second-order valence-electron chi connectivity index (χ2n) is 4.15. The summed E-state index contributed by atoms with van der Waals surface area (Å²) in [7, 11) is 0. The first-order valence-corrected chi connectivity index (χ1v) is 5.42. The molecule has 0 spiro atoms. The monoisotopic (exact) mass is 245 g/mol. The van der Waals surface area contributed by atoms with Crippen LogP contribution in [0.3, 0.4) is 0 Å². The summed E-state index contributed by atoms with van der Waals surface area (Å²) in [4.78, 5) is 30.1. The predicted molar refractivity (Wildman–Crippen MR) is 65.1 cm³/mol. The van der Waals surface area contributed by atoms with Crippen LogP contribution in [0.4, 0.5) is 16.3 Å². The Morgan fingerprint density at radius 3 is 2.72 bits per heavy atom. The highest BCUT2D eigenvalue weighted by Crippen LogP contribution is 2.38. The van der Waals surface area contributed by atoms with Gasteiger partial charge in [0.05, 0.1) is 12.2 Å². The van der Waals surface area contributed by atoms with E-state index in [1.165, 1.54) is 4.90 Å². The Kier molecular flexibility index (Phi) is 2.03. The normalized spacial score (nSPS) is 16.3. The Balaban J connectivity index is 2.19. The first kappa shape index (κ1) is 10.6. The number of amides is 3. The number of rotatable bonds is 1. The van der Waals surface area contributed by atoms with Gasteiger partial charge in [-0.05, 0) is 18.2 Å². The van der Waals surface area contributed by atoms with Gasteiger partial charge in [0.2, 0.25) is 0 Å². The zero-order chi connectivity index (χ0) is 12.9. The number of anilines is 2. The van der Waals surface area contributed by atoms with Gasteiger partial charge < -0.3 is 16.4 Å². The van der Waals surface area contributed by atoms with E-state index < -0.39 is 11.9 Å². The molecule has 0 fully saturated rings. The van der Waals surface area contributed by atoms with Crippen molar-refractivity contribution < 1.29 is 9.59 Å². The number of carbonyl (C=O) groups is 2. The van der Waals surface area contributed by atoms with Crippen LogP contribution in [0.2, 0.25) is 0 Å². The summed E-state index contributed by atoms with van der Waals surface area (Å²) in [5.74, 6) is -0.266. The van der Waals surface area contributed by atoms with Gasteiger partial charge in [-0.25, -0.2) is 14.7 Å². The fourth-order valence-electron chi connectivity index (χ4n) is 2.26. The number of nitrogens with two attached hydrogens (primary N) is 2. The van der Waals surface area contributed by atoms with Gasteiger partial charge in [0.1, 0.15) is 5.69 Å². The Hall–Kier alpha value is -2.57. The number of hydrogen-bond donors (Lipinski definition) is 2. The maximum Gasteiger partial charge on any atom is 0.324 e. The minimum atomic E-state index is -0.635. The smallest absolute Gasteiger partial charge is 0.324 e. The van der Waals surface area contributed by atoms with E-state index >= 15 is 0 Å². The molecule has 1 aromatic rings. The Labute approximate surface area is 103 Å². The van der Waals surface area contributed by atoms with Gasteiger partial charge in [0.15, 0.2) is 5.82 Å². The summed E-state index contributed by atoms with van der Waals surface area (Å²) in [6, 6.07) is 2.66. The van der Waals surface area contributed by atoms with Crippen molar-refractivity contribution in [3.8, 4) is 0 Å². The average Bonchev–Trinajstić information content (AvgIpc) is 2.73. The number of fused-ring (bicyclic) bond motifs is 4. The van der Waals surface area contributed by atoms with E-state index in [2.05, 4.69) is 4.98 Å². The molecule has 0 saturated carbocycles. The molecule has 7 heteroatoms. The summed E-state index contributed by atoms with van der Waals surface area (Å²) in [5, 5.41) is 0. The minimum absolute atomic E-state index is 0.114. The van der Waals surface area contributed by atoms with Crippen LogP contribution in [0.1, 0.15) is 10.5 Å². The second-order valence-corrected chi connectivity index (χ2v) is 4.15. The molecule has 3 heterocycles. The van der Waals surface area contributed by atoms with E-state index in [4.69, 9.17) is 11.5 Å². The topological polar surface area (TPSA) is 106 Å². The molecule has 7 nitrogen and oxygen atoms in total. The molecule has 1 aromatic heterocycles. The molecule has 3 amide bonds. The van der Waals surface area contributed by atoms with Gasteiger partial charge in [0.25, 0.3) is 5.91 Å². The highest BCUT2D eigenvalue weighted by molar-refractivity contribution is 6.00. The van der Waals surface area contributed by atoms with Crippen LogP contribution < -0.4 is 21.3 Å². The first-order chi connectivity index (χ1) is 8.58. The van der Waals surface area contributed by atoms with E-state index in [1.54, 1.807) is 12.1 Å². The molecule has 2 aliphatic heterocycles. The molecule has 2 bridgehead atoms. The standard InChI is InChI=1S/C11H11N5O2/c12-9(17)7-1-2-8-10(14-7)16(11(13)18)6-3-4-15(8)5-6/h1-3H,4-5H2,(H2,12,17)(H2,13,18). The maximum atomic E-state index is 11.5. The average molecular weight is 245 g/mol. The van der Waals surface area contributed by atoms with E-state index in [-0.39, 0.29) is 5.69 Å². The summed E-state index contributed by atoms with van der Waals surface area (Å²) >= 11 is 0. The third-order valence-corrected chi connectivity index (χ3v) is 3.07. The van der Waals surface area contributed by atoms with E-state index in [0.717, 1.165) is 11.4 Å². The fraction of sp³-hybridized carbons (Fsp3) is 0.182. The lowest BCUT2D eigenvalue weighted by atomic mass is 10.2. The van der Waals surface area contributed by atoms with Crippen LogP contribution in [0, 0.1) is 0 Å². The largest absolute Gasteiger partial charge is 0.364 e. The van der Waals surface area contributed by atoms with Crippen LogP contribution in [0.15, 0.2) is 23.9 Å². The SMILES string of the molecule is NC(=O)c1ccc2c(n1)N(C(N)=O)C1=CCN2C1. The lowest BCUT2D eigenvalue weighted by Gasteiger charge is -2.32. The highest BCUT2D eigenvalue weighted by atomic mass is 16.2. The van der Waals surface area contributed by atoms with Crippen LogP contribution in [-0.4, -0.2) is 30.0 Å². The van der Waals surface area contributed by atoms with E-state index in [9.17, 15) is 9.59 Å². The zero-order valence-electron chi connectivity index (χ0n) is 9.46. The quantitative estimate of drug-likeness (QED) is 0.713. The van der Waals surface area contributed by atoms with Crippen molar-refractivity contribution >= 4 is 23.4 Å². The number of carbonyl (C=O) groups excluding carboxylic acids is 2. The molecule has 3 rings (SSSR count).